The van der Waals surface area contributed by atoms with Crippen LogP contribution in [0, 0.1) is 13.8 Å². The minimum Gasteiger partial charge on any atom is -0.540 e. The van der Waals surface area contributed by atoms with Gasteiger partial charge in [0, 0.05) is 31.3 Å². The highest BCUT2D eigenvalue weighted by Gasteiger charge is 2.33. The van der Waals surface area contributed by atoms with Gasteiger partial charge in [-0.3, -0.25) is 4.57 Å². The van der Waals surface area contributed by atoms with Crippen LogP contribution in [0.2, 0.25) is 0 Å². The first-order valence-electron chi connectivity index (χ1n) is 13.3. The molecule has 12 heteroatoms. The number of anilines is 2. The number of rotatable bonds is 6. The van der Waals surface area contributed by atoms with Gasteiger partial charge in [0.05, 0.1) is 36.9 Å². The summed E-state index contributed by atoms with van der Waals surface area (Å²) < 4.78 is 42.0. The Kier molecular flexibility index (Phi) is 7.55. The molecule has 2 fully saturated rings. The lowest BCUT2D eigenvalue weighted by molar-refractivity contribution is 0.122. The molecule has 3 aromatic rings. The smallest absolute Gasteiger partial charge is 0.341 e. The van der Waals surface area contributed by atoms with Crippen molar-refractivity contribution in [3.05, 3.63) is 28.6 Å². The number of aliphatic hydroxyl groups excluding tert-OH is 1. The predicted molar refractivity (Wildman–Crippen MR) is 147 cm³/mol. The summed E-state index contributed by atoms with van der Waals surface area (Å²) >= 11 is 0. The minimum atomic E-state index is -2.87. The van der Waals surface area contributed by atoms with Crippen molar-refractivity contribution in [3.63, 3.8) is 0 Å². The number of halogens is 2. The standard InChI is InChI=1S/C27H35F2N6O3Si/c1-15-16(2)23(38-39)20(27(3,4)5)21-22(15)35(25(32-21)24(28)29)26-30-18(33-9-11-37-12-10-33)13-19(31-26)34-8-6-7-17(34)14-36/h13,17,24,36H,6-12,14H2,1-5H3. The second-order valence-corrected chi connectivity index (χ2v) is 11.5. The second-order valence-electron chi connectivity index (χ2n) is 11.3. The number of alkyl halides is 2. The number of ether oxygens (including phenoxy) is 1. The van der Waals surface area contributed by atoms with Gasteiger partial charge in [0.2, 0.25) is 5.95 Å². The second kappa shape index (κ2) is 10.6. The molecule has 0 bridgehead atoms. The maximum absolute atomic E-state index is 14.7. The maximum Gasteiger partial charge on any atom is 0.341 e. The zero-order chi connectivity index (χ0) is 28.1. The van der Waals surface area contributed by atoms with E-state index in [2.05, 4.69) is 20.4 Å². The van der Waals surface area contributed by atoms with Crippen LogP contribution >= 0.6 is 0 Å². The van der Waals surface area contributed by atoms with E-state index in [1.54, 1.807) is 0 Å². The summed E-state index contributed by atoms with van der Waals surface area (Å²) in [4.78, 5) is 18.3. The molecule has 2 saturated heterocycles. The minimum absolute atomic E-state index is 0.00901. The third-order valence-electron chi connectivity index (χ3n) is 7.78. The van der Waals surface area contributed by atoms with Crippen LogP contribution in [0.4, 0.5) is 20.4 Å². The number of hydrogen-bond donors (Lipinski definition) is 1. The van der Waals surface area contributed by atoms with E-state index in [9.17, 15) is 13.9 Å². The zero-order valence-corrected chi connectivity index (χ0v) is 24.1. The summed E-state index contributed by atoms with van der Waals surface area (Å²) in [5.41, 5.74) is 2.80. The number of benzene rings is 1. The predicted octanol–water partition coefficient (Wildman–Crippen LogP) is 3.93. The molecule has 2 aromatic heterocycles. The first-order valence-corrected chi connectivity index (χ1v) is 13.7. The van der Waals surface area contributed by atoms with E-state index < -0.39 is 17.7 Å². The van der Waals surface area contributed by atoms with Crippen LogP contribution in [0.5, 0.6) is 5.75 Å². The fraction of sp³-hybridized carbons (Fsp3) is 0.593. The largest absolute Gasteiger partial charge is 0.540 e. The van der Waals surface area contributed by atoms with Gasteiger partial charge in [-0.25, -0.2) is 13.8 Å². The molecule has 2 aliphatic heterocycles. The van der Waals surface area contributed by atoms with E-state index >= 15 is 0 Å². The van der Waals surface area contributed by atoms with Crippen LogP contribution in [-0.4, -0.2) is 80.6 Å². The third kappa shape index (κ3) is 4.87. The van der Waals surface area contributed by atoms with E-state index in [4.69, 9.17) is 19.1 Å². The van der Waals surface area contributed by atoms with Gasteiger partial charge in [-0.05, 0) is 43.2 Å². The number of aliphatic hydroxyl groups is 1. The van der Waals surface area contributed by atoms with E-state index in [-0.39, 0.29) is 18.6 Å². The number of aromatic nitrogens is 4. The van der Waals surface area contributed by atoms with E-state index in [0.717, 1.165) is 29.5 Å². The number of imidazole rings is 1. The van der Waals surface area contributed by atoms with Crippen LogP contribution < -0.4 is 14.2 Å². The molecule has 0 aliphatic carbocycles. The topological polar surface area (TPSA) is 88.8 Å². The Hall–Kier alpha value is -2.83. The Labute approximate surface area is 230 Å². The monoisotopic (exact) mass is 557 g/mol. The summed E-state index contributed by atoms with van der Waals surface area (Å²) in [5, 5.41) is 10.0. The summed E-state index contributed by atoms with van der Waals surface area (Å²) in [5.74, 6) is 1.51. The molecule has 0 amide bonds. The lowest BCUT2D eigenvalue weighted by Gasteiger charge is -2.30. The van der Waals surface area contributed by atoms with Crippen LogP contribution in [0.3, 0.4) is 0 Å². The van der Waals surface area contributed by atoms with Gasteiger partial charge in [0.25, 0.3) is 6.43 Å². The molecule has 9 nitrogen and oxygen atoms in total. The molecule has 0 spiro atoms. The molecule has 1 N–H and O–H groups in total. The first kappa shape index (κ1) is 27.7. The van der Waals surface area contributed by atoms with E-state index in [1.807, 2.05) is 45.6 Å². The number of hydrogen-bond acceptors (Lipinski definition) is 8. The van der Waals surface area contributed by atoms with Gasteiger partial charge in [-0.2, -0.15) is 9.97 Å². The van der Waals surface area contributed by atoms with Gasteiger partial charge in [0.1, 0.15) is 17.4 Å². The molecule has 1 atom stereocenters. The fourth-order valence-electron chi connectivity index (χ4n) is 5.71. The molecule has 1 aromatic carbocycles. The Morgan fingerprint density at radius 1 is 1.10 bits per heavy atom. The van der Waals surface area contributed by atoms with Gasteiger partial charge in [-0.1, -0.05) is 20.8 Å². The van der Waals surface area contributed by atoms with Crippen molar-refractivity contribution in [3.8, 4) is 11.7 Å². The van der Waals surface area contributed by atoms with Crippen molar-refractivity contribution in [2.24, 2.45) is 0 Å². The summed E-state index contributed by atoms with van der Waals surface area (Å²) in [7, 11) is 3.19. The molecule has 5 rings (SSSR count). The molecule has 4 heterocycles. The van der Waals surface area contributed by atoms with Crippen LogP contribution in [-0.2, 0) is 10.2 Å². The van der Waals surface area contributed by atoms with Crippen molar-refractivity contribution in [2.45, 2.75) is 65.3 Å². The quantitative estimate of drug-likeness (QED) is 0.457. The molecule has 39 heavy (non-hydrogen) atoms. The van der Waals surface area contributed by atoms with Gasteiger partial charge < -0.3 is 24.1 Å². The van der Waals surface area contributed by atoms with E-state index in [0.29, 0.717) is 61.3 Å². The van der Waals surface area contributed by atoms with Gasteiger partial charge in [0.15, 0.2) is 5.82 Å². The molecule has 0 saturated carbocycles. The first-order chi connectivity index (χ1) is 18.6. The van der Waals surface area contributed by atoms with Crippen molar-refractivity contribution < 1.29 is 23.1 Å². The van der Waals surface area contributed by atoms with Crippen molar-refractivity contribution in [2.75, 3.05) is 49.3 Å². The van der Waals surface area contributed by atoms with Crippen molar-refractivity contribution in [1.82, 2.24) is 19.5 Å². The third-order valence-corrected chi connectivity index (χ3v) is 7.98. The van der Waals surface area contributed by atoms with Crippen molar-refractivity contribution >= 4 is 33.2 Å². The van der Waals surface area contributed by atoms with Crippen LogP contribution in [0.15, 0.2) is 6.07 Å². The molecule has 3 radical (unpaired) electrons. The molecule has 209 valence electrons. The average molecular weight is 558 g/mol. The Morgan fingerprint density at radius 3 is 2.41 bits per heavy atom. The molecule has 1 unspecified atom stereocenters. The molecular formula is C27H35F2N6O3Si. The Morgan fingerprint density at radius 2 is 1.79 bits per heavy atom. The van der Waals surface area contributed by atoms with Crippen LogP contribution in [0.1, 0.15) is 62.6 Å². The molecule has 2 aliphatic rings. The summed E-state index contributed by atoms with van der Waals surface area (Å²) in [6.45, 7) is 12.9. The van der Waals surface area contributed by atoms with Gasteiger partial charge in [-0.15, -0.1) is 0 Å². The number of aryl methyl sites for hydroxylation is 1. The number of nitrogens with zero attached hydrogens (tertiary/aromatic N) is 6. The average Bonchev–Trinajstić information content (AvgIpc) is 3.55. The fourth-order valence-corrected chi connectivity index (χ4v) is 5.97. The number of morpholine rings is 1. The normalized spacial score (nSPS) is 18.6. The summed E-state index contributed by atoms with van der Waals surface area (Å²) in [6.07, 6.45) is -1.12. The van der Waals surface area contributed by atoms with Crippen molar-refractivity contribution in [1.29, 1.82) is 0 Å². The highest BCUT2D eigenvalue weighted by atomic mass is 28.2. The highest BCUT2D eigenvalue weighted by molar-refractivity contribution is 6.01. The Bertz CT molecular complexity index is 1370. The summed E-state index contributed by atoms with van der Waals surface area (Å²) in [6, 6.07) is 1.80. The lowest BCUT2D eigenvalue weighted by Crippen LogP contribution is -2.38. The SMILES string of the molecule is Cc1c(O[Si])c(C(C)(C)C)c2nc(C(F)F)n(-c3nc(N4CCOCC4)cc(N4CCCC4CO)n3)c2c1C. The lowest BCUT2D eigenvalue weighted by atomic mass is 9.83. The highest BCUT2D eigenvalue weighted by Crippen LogP contribution is 2.43. The van der Waals surface area contributed by atoms with Gasteiger partial charge >= 0.3 is 10.5 Å². The zero-order valence-electron chi connectivity index (χ0n) is 23.1. The van der Waals surface area contributed by atoms with Crippen LogP contribution in [0.25, 0.3) is 17.0 Å². The Balaban J connectivity index is 1.83. The molecular weight excluding hydrogens is 522 g/mol. The van der Waals surface area contributed by atoms with E-state index in [1.165, 1.54) is 4.57 Å². The number of fused-ring (bicyclic) bond motifs is 1. The maximum atomic E-state index is 14.7.